The van der Waals surface area contributed by atoms with Crippen LogP contribution >= 0.6 is 0 Å². The van der Waals surface area contributed by atoms with E-state index in [-0.39, 0.29) is 0 Å². The molecule has 2 rings (SSSR count). The molecule has 0 amide bonds. The fraction of sp³-hybridized carbons (Fsp3) is 0.667. The first kappa shape index (κ1) is 13.5. The molecule has 0 aliphatic carbocycles. The molecule has 0 aromatic carbocycles. The number of piperidine rings is 1. The fourth-order valence-corrected chi connectivity index (χ4v) is 3.09. The molecule has 1 aromatic heterocycles. The zero-order valence-corrected chi connectivity index (χ0v) is 11.5. The molecule has 0 spiro atoms. The van der Waals surface area contributed by atoms with Crippen molar-refractivity contribution < 1.29 is 5.11 Å². The summed E-state index contributed by atoms with van der Waals surface area (Å²) in [5.74, 6) is 0.649. The Bertz CT molecular complexity index is 364. The molecular weight excluding hydrogens is 224 g/mol. The summed E-state index contributed by atoms with van der Waals surface area (Å²) in [7, 11) is 0. The topological polar surface area (TPSA) is 36.4 Å². The minimum absolute atomic E-state index is 0.300. The van der Waals surface area contributed by atoms with Crippen LogP contribution in [0.3, 0.4) is 0 Å². The van der Waals surface area contributed by atoms with Crippen LogP contribution in [0.25, 0.3) is 0 Å². The van der Waals surface area contributed by atoms with Crippen LogP contribution in [-0.4, -0.2) is 34.7 Å². The Hall–Kier alpha value is -0.930. The van der Waals surface area contributed by atoms with Crippen LogP contribution in [0.2, 0.25) is 0 Å². The first-order chi connectivity index (χ1) is 8.62. The maximum Gasteiger partial charge on any atom is 0.0433 e. The third-order valence-corrected chi connectivity index (χ3v) is 4.16. The van der Waals surface area contributed by atoms with E-state index in [2.05, 4.69) is 35.9 Å². The number of aliphatic hydroxyl groups is 1. The summed E-state index contributed by atoms with van der Waals surface area (Å²) in [4.78, 5) is 6.57. The van der Waals surface area contributed by atoms with Crippen LogP contribution in [0, 0.1) is 11.3 Å². The van der Waals surface area contributed by atoms with Gasteiger partial charge in [0.2, 0.25) is 0 Å². The molecule has 18 heavy (non-hydrogen) atoms. The van der Waals surface area contributed by atoms with Crippen molar-refractivity contribution in [2.75, 3.05) is 19.7 Å². The van der Waals surface area contributed by atoms with Crippen LogP contribution in [0.1, 0.15) is 32.3 Å². The number of pyridine rings is 1. The van der Waals surface area contributed by atoms with E-state index in [0.717, 1.165) is 26.1 Å². The van der Waals surface area contributed by atoms with Crippen molar-refractivity contribution in [3.05, 3.63) is 30.1 Å². The molecule has 1 N–H and O–H groups in total. The van der Waals surface area contributed by atoms with Gasteiger partial charge in [-0.2, -0.15) is 0 Å². The molecular formula is C15H24N2O. The molecule has 1 atom stereocenters. The molecule has 3 nitrogen and oxygen atoms in total. The minimum Gasteiger partial charge on any atom is -0.396 e. The van der Waals surface area contributed by atoms with Crippen LogP contribution in [0.15, 0.2) is 24.5 Å². The summed E-state index contributed by atoms with van der Waals surface area (Å²) in [6.07, 6.45) is 5.85. The van der Waals surface area contributed by atoms with Gasteiger partial charge in [-0.05, 0) is 48.4 Å². The van der Waals surface area contributed by atoms with E-state index in [0.29, 0.717) is 17.9 Å². The normalized spacial score (nSPS) is 24.1. The molecule has 1 unspecified atom stereocenters. The minimum atomic E-state index is 0.300. The molecule has 1 fully saturated rings. The highest BCUT2D eigenvalue weighted by molar-refractivity contribution is 5.09. The number of rotatable bonds is 4. The molecule has 0 radical (unpaired) electrons. The standard InChI is InChI=1S/C15H24N2O/c1-15(2)12-17(9-5-14(15)6-10-18)11-13-3-7-16-8-4-13/h3-4,7-8,14,18H,5-6,9-12H2,1-2H3. The lowest BCUT2D eigenvalue weighted by Crippen LogP contribution is -2.45. The van der Waals surface area contributed by atoms with Crippen LogP contribution in [0.4, 0.5) is 0 Å². The van der Waals surface area contributed by atoms with E-state index >= 15 is 0 Å². The molecule has 1 aliphatic heterocycles. The molecule has 100 valence electrons. The number of likely N-dealkylation sites (tertiary alicyclic amines) is 1. The van der Waals surface area contributed by atoms with Crippen molar-refractivity contribution in [2.24, 2.45) is 11.3 Å². The van der Waals surface area contributed by atoms with Gasteiger partial charge in [0.05, 0.1) is 0 Å². The second-order valence-electron chi connectivity index (χ2n) is 6.05. The van der Waals surface area contributed by atoms with Gasteiger partial charge in [0.1, 0.15) is 0 Å². The predicted octanol–water partition coefficient (Wildman–Crippen LogP) is 2.31. The highest BCUT2D eigenvalue weighted by atomic mass is 16.3. The SMILES string of the molecule is CC1(C)CN(Cc2ccncc2)CCC1CCO. The summed E-state index contributed by atoms with van der Waals surface area (Å²) in [5, 5.41) is 9.13. The largest absolute Gasteiger partial charge is 0.396 e. The van der Waals surface area contributed by atoms with Gasteiger partial charge in [-0.15, -0.1) is 0 Å². The molecule has 3 heteroatoms. The number of hydrogen-bond donors (Lipinski definition) is 1. The lowest BCUT2D eigenvalue weighted by molar-refractivity contribution is 0.0364. The van der Waals surface area contributed by atoms with Crippen LogP contribution in [-0.2, 0) is 6.54 Å². The average Bonchev–Trinajstić information content (AvgIpc) is 2.33. The van der Waals surface area contributed by atoms with Gasteiger partial charge < -0.3 is 5.11 Å². The first-order valence-corrected chi connectivity index (χ1v) is 6.84. The van der Waals surface area contributed by atoms with E-state index in [9.17, 15) is 0 Å². The number of aliphatic hydroxyl groups excluding tert-OH is 1. The number of nitrogens with zero attached hydrogens (tertiary/aromatic N) is 2. The van der Waals surface area contributed by atoms with E-state index < -0.39 is 0 Å². The highest BCUT2D eigenvalue weighted by Crippen LogP contribution is 2.37. The number of hydrogen-bond acceptors (Lipinski definition) is 3. The quantitative estimate of drug-likeness (QED) is 0.888. The Morgan fingerprint density at radius 1 is 1.39 bits per heavy atom. The van der Waals surface area contributed by atoms with Gasteiger partial charge in [-0.3, -0.25) is 9.88 Å². The third-order valence-electron chi connectivity index (χ3n) is 4.16. The van der Waals surface area contributed by atoms with Crippen molar-refractivity contribution in [1.82, 2.24) is 9.88 Å². The van der Waals surface area contributed by atoms with Gasteiger partial charge in [-0.25, -0.2) is 0 Å². The maximum atomic E-state index is 9.13. The lowest BCUT2D eigenvalue weighted by Gasteiger charge is -2.44. The zero-order valence-electron chi connectivity index (χ0n) is 11.5. The predicted molar refractivity (Wildman–Crippen MR) is 73.1 cm³/mol. The molecule has 0 bridgehead atoms. The van der Waals surface area contributed by atoms with E-state index in [4.69, 9.17) is 5.11 Å². The second kappa shape index (κ2) is 5.81. The summed E-state index contributed by atoms with van der Waals surface area (Å²) >= 11 is 0. The third kappa shape index (κ3) is 3.30. The summed E-state index contributed by atoms with van der Waals surface area (Å²) in [5.41, 5.74) is 1.63. The van der Waals surface area contributed by atoms with Gasteiger partial charge in [0, 0.05) is 32.1 Å². The Kier molecular flexibility index (Phi) is 4.36. The molecule has 1 aliphatic rings. The van der Waals surface area contributed by atoms with E-state index in [1.165, 1.54) is 12.0 Å². The smallest absolute Gasteiger partial charge is 0.0433 e. The van der Waals surface area contributed by atoms with E-state index in [1.54, 1.807) is 0 Å². The van der Waals surface area contributed by atoms with Gasteiger partial charge in [-0.1, -0.05) is 13.8 Å². The van der Waals surface area contributed by atoms with Crippen molar-refractivity contribution in [1.29, 1.82) is 0 Å². The molecule has 1 saturated heterocycles. The van der Waals surface area contributed by atoms with Crippen molar-refractivity contribution in [3.63, 3.8) is 0 Å². The Morgan fingerprint density at radius 2 is 2.11 bits per heavy atom. The molecule has 0 saturated carbocycles. The van der Waals surface area contributed by atoms with Crippen molar-refractivity contribution >= 4 is 0 Å². The Morgan fingerprint density at radius 3 is 2.72 bits per heavy atom. The summed E-state index contributed by atoms with van der Waals surface area (Å²) < 4.78 is 0. The van der Waals surface area contributed by atoms with Gasteiger partial charge in [0.25, 0.3) is 0 Å². The van der Waals surface area contributed by atoms with Crippen molar-refractivity contribution in [3.8, 4) is 0 Å². The van der Waals surface area contributed by atoms with Crippen LogP contribution in [0.5, 0.6) is 0 Å². The highest BCUT2D eigenvalue weighted by Gasteiger charge is 2.35. The summed E-state index contributed by atoms with van der Waals surface area (Å²) in [6.45, 7) is 8.23. The maximum absolute atomic E-state index is 9.13. The van der Waals surface area contributed by atoms with Gasteiger partial charge >= 0.3 is 0 Å². The fourth-order valence-electron chi connectivity index (χ4n) is 3.09. The van der Waals surface area contributed by atoms with E-state index in [1.807, 2.05) is 12.4 Å². The lowest BCUT2D eigenvalue weighted by atomic mass is 9.72. The molecule has 2 heterocycles. The summed E-state index contributed by atoms with van der Waals surface area (Å²) in [6, 6.07) is 4.18. The Labute approximate surface area is 110 Å². The second-order valence-corrected chi connectivity index (χ2v) is 6.05. The zero-order chi connectivity index (χ0) is 13.0. The van der Waals surface area contributed by atoms with Crippen molar-refractivity contribution in [2.45, 2.75) is 33.2 Å². The average molecular weight is 248 g/mol. The first-order valence-electron chi connectivity index (χ1n) is 6.84. The van der Waals surface area contributed by atoms with Gasteiger partial charge in [0.15, 0.2) is 0 Å². The Balaban J connectivity index is 1.94. The van der Waals surface area contributed by atoms with Crippen LogP contribution < -0.4 is 0 Å². The number of aromatic nitrogens is 1. The monoisotopic (exact) mass is 248 g/mol. The molecule has 1 aromatic rings.